The van der Waals surface area contributed by atoms with Crippen molar-refractivity contribution >= 4 is 5.91 Å². The molecule has 1 heterocycles. The van der Waals surface area contributed by atoms with Gasteiger partial charge < -0.3 is 10.2 Å². The van der Waals surface area contributed by atoms with Crippen molar-refractivity contribution in [2.45, 2.75) is 51.0 Å². The van der Waals surface area contributed by atoms with E-state index in [2.05, 4.69) is 5.32 Å². The van der Waals surface area contributed by atoms with E-state index in [1.54, 1.807) is 6.07 Å². The lowest BCUT2D eigenvalue weighted by Crippen LogP contribution is -2.45. The molecule has 0 spiro atoms. The Bertz CT molecular complexity index is 536. The predicted octanol–water partition coefficient (Wildman–Crippen LogP) is 3.31. The van der Waals surface area contributed by atoms with Crippen LogP contribution in [0, 0.1) is 11.7 Å². The fraction of sp³-hybridized carbons (Fsp3) is 0.632. The van der Waals surface area contributed by atoms with Crippen LogP contribution in [-0.4, -0.2) is 36.5 Å². The number of halogens is 1. The van der Waals surface area contributed by atoms with Gasteiger partial charge in [0.25, 0.3) is 0 Å². The van der Waals surface area contributed by atoms with Gasteiger partial charge in [0.15, 0.2) is 0 Å². The molecular weight excluding hydrogens is 291 g/mol. The predicted molar refractivity (Wildman–Crippen MR) is 89.8 cm³/mol. The van der Waals surface area contributed by atoms with Crippen LogP contribution in [0.1, 0.15) is 50.5 Å². The van der Waals surface area contributed by atoms with Crippen LogP contribution in [-0.2, 0) is 4.79 Å². The molecule has 1 saturated heterocycles. The third-order valence-electron chi connectivity index (χ3n) is 5.14. The van der Waals surface area contributed by atoms with Gasteiger partial charge in [0.05, 0.1) is 0 Å². The van der Waals surface area contributed by atoms with Gasteiger partial charge in [-0.1, -0.05) is 19.1 Å². The molecule has 4 heteroatoms. The van der Waals surface area contributed by atoms with Crippen molar-refractivity contribution in [2.75, 3.05) is 19.6 Å². The molecule has 1 aromatic carbocycles. The fourth-order valence-electron chi connectivity index (χ4n) is 3.31. The number of carbonyl (C=O) groups excluding carboxylic acids is 1. The molecule has 1 aliphatic heterocycles. The molecule has 1 N–H and O–H groups in total. The second kappa shape index (κ2) is 7.43. The number of nitrogens with one attached hydrogen (secondary N) is 1. The van der Waals surface area contributed by atoms with Crippen LogP contribution in [0.5, 0.6) is 0 Å². The molecular formula is C19H27FN2O. The largest absolute Gasteiger partial charge is 0.343 e. The molecule has 2 aliphatic rings. The fourth-order valence-corrected chi connectivity index (χ4v) is 3.31. The van der Waals surface area contributed by atoms with E-state index < -0.39 is 0 Å². The lowest BCUT2D eigenvalue weighted by atomic mass is 9.96. The summed E-state index contributed by atoms with van der Waals surface area (Å²) in [5.74, 6) is 0.928. The molecule has 0 radical (unpaired) electrons. The standard InChI is InChI=1S/C19H27FN2O/c1-14(16-3-2-4-17(20)12-16)11-19(23)22-9-7-18(8-10-22)21-13-15-5-6-15/h2-4,12,14-15,18,21H,5-11,13H2,1H3. The summed E-state index contributed by atoms with van der Waals surface area (Å²) in [5.41, 5.74) is 0.902. The van der Waals surface area contributed by atoms with Crippen molar-refractivity contribution in [3.63, 3.8) is 0 Å². The first-order valence-electron chi connectivity index (χ1n) is 8.88. The Labute approximate surface area is 138 Å². The van der Waals surface area contributed by atoms with Crippen LogP contribution < -0.4 is 5.32 Å². The van der Waals surface area contributed by atoms with Gasteiger partial charge in [-0.3, -0.25) is 4.79 Å². The lowest BCUT2D eigenvalue weighted by molar-refractivity contribution is -0.132. The van der Waals surface area contributed by atoms with Crippen molar-refractivity contribution in [1.29, 1.82) is 0 Å². The molecule has 1 atom stereocenters. The van der Waals surface area contributed by atoms with E-state index in [1.165, 1.54) is 25.0 Å². The molecule has 1 aliphatic carbocycles. The highest BCUT2D eigenvalue weighted by atomic mass is 19.1. The summed E-state index contributed by atoms with van der Waals surface area (Å²) >= 11 is 0. The number of nitrogens with zero attached hydrogens (tertiary/aromatic N) is 1. The van der Waals surface area contributed by atoms with Crippen LogP contribution in [0.25, 0.3) is 0 Å². The Morgan fingerprint density at radius 2 is 2.04 bits per heavy atom. The van der Waals surface area contributed by atoms with Crippen molar-refractivity contribution in [2.24, 2.45) is 5.92 Å². The zero-order valence-electron chi connectivity index (χ0n) is 13.9. The maximum absolute atomic E-state index is 13.3. The van der Waals surface area contributed by atoms with Crippen LogP contribution in [0.4, 0.5) is 4.39 Å². The number of hydrogen-bond acceptors (Lipinski definition) is 2. The SMILES string of the molecule is CC(CC(=O)N1CCC(NCC2CC2)CC1)c1cccc(F)c1. The Kier molecular flexibility index (Phi) is 5.31. The Hall–Kier alpha value is -1.42. The average molecular weight is 318 g/mol. The summed E-state index contributed by atoms with van der Waals surface area (Å²) in [6, 6.07) is 7.15. The van der Waals surface area contributed by atoms with Crippen molar-refractivity contribution in [3.05, 3.63) is 35.6 Å². The highest BCUT2D eigenvalue weighted by Gasteiger charge is 2.26. The topological polar surface area (TPSA) is 32.3 Å². The zero-order valence-corrected chi connectivity index (χ0v) is 13.9. The van der Waals surface area contributed by atoms with E-state index in [1.807, 2.05) is 17.9 Å². The molecule has 0 bridgehead atoms. The van der Waals surface area contributed by atoms with Gasteiger partial charge in [0, 0.05) is 25.6 Å². The maximum Gasteiger partial charge on any atom is 0.223 e. The minimum absolute atomic E-state index is 0.0592. The lowest BCUT2D eigenvalue weighted by Gasteiger charge is -2.33. The minimum Gasteiger partial charge on any atom is -0.343 e. The Morgan fingerprint density at radius 1 is 1.30 bits per heavy atom. The molecule has 23 heavy (non-hydrogen) atoms. The monoisotopic (exact) mass is 318 g/mol. The van der Waals surface area contributed by atoms with E-state index in [4.69, 9.17) is 0 Å². The molecule has 3 nitrogen and oxygen atoms in total. The maximum atomic E-state index is 13.3. The van der Waals surface area contributed by atoms with Gasteiger partial charge in [-0.2, -0.15) is 0 Å². The molecule has 126 valence electrons. The summed E-state index contributed by atoms with van der Waals surface area (Å²) in [4.78, 5) is 14.4. The molecule has 2 fully saturated rings. The van der Waals surface area contributed by atoms with Crippen LogP contribution in [0.15, 0.2) is 24.3 Å². The van der Waals surface area contributed by atoms with E-state index >= 15 is 0 Å². The van der Waals surface area contributed by atoms with Gasteiger partial charge >= 0.3 is 0 Å². The van der Waals surface area contributed by atoms with Crippen LogP contribution >= 0.6 is 0 Å². The Morgan fingerprint density at radius 3 is 2.70 bits per heavy atom. The van der Waals surface area contributed by atoms with Gasteiger partial charge in [0.2, 0.25) is 5.91 Å². The molecule has 3 rings (SSSR count). The smallest absolute Gasteiger partial charge is 0.223 e. The number of likely N-dealkylation sites (tertiary alicyclic amines) is 1. The summed E-state index contributed by atoms with van der Waals surface area (Å²) in [6.45, 7) is 4.83. The molecule has 0 aromatic heterocycles. The second-order valence-corrected chi connectivity index (χ2v) is 7.17. The summed E-state index contributed by atoms with van der Waals surface area (Å²) in [5, 5.41) is 3.64. The van der Waals surface area contributed by atoms with Crippen LogP contribution in [0.2, 0.25) is 0 Å². The van der Waals surface area contributed by atoms with Crippen LogP contribution in [0.3, 0.4) is 0 Å². The summed E-state index contributed by atoms with van der Waals surface area (Å²) < 4.78 is 13.3. The quantitative estimate of drug-likeness (QED) is 0.873. The van der Waals surface area contributed by atoms with Gasteiger partial charge in [-0.25, -0.2) is 4.39 Å². The van der Waals surface area contributed by atoms with E-state index in [9.17, 15) is 9.18 Å². The number of amides is 1. The minimum atomic E-state index is -0.232. The molecule has 1 unspecified atom stereocenters. The molecule has 1 saturated carbocycles. The van der Waals surface area contributed by atoms with E-state index in [0.29, 0.717) is 12.5 Å². The third-order valence-corrected chi connectivity index (χ3v) is 5.14. The number of piperidine rings is 1. The van der Waals surface area contributed by atoms with Crippen molar-refractivity contribution in [3.8, 4) is 0 Å². The van der Waals surface area contributed by atoms with Gasteiger partial charge in [-0.15, -0.1) is 0 Å². The number of carbonyl (C=O) groups is 1. The highest BCUT2D eigenvalue weighted by molar-refractivity contribution is 5.77. The summed E-state index contributed by atoms with van der Waals surface area (Å²) in [6.07, 6.45) is 5.31. The van der Waals surface area contributed by atoms with Crippen molar-refractivity contribution < 1.29 is 9.18 Å². The highest BCUT2D eigenvalue weighted by Crippen LogP contribution is 2.28. The van der Waals surface area contributed by atoms with Crippen molar-refractivity contribution in [1.82, 2.24) is 10.2 Å². The van der Waals surface area contributed by atoms with Gasteiger partial charge in [0.1, 0.15) is 5.82 Å². The normalized spacial score (nSPS) is 20.5. The van der Waals surface area contributed by atoms with E-state index in [0.717, 1.165) is 44.0 Å². The third kappa shape index (κ3) is 4.77. The van der Waals surface area contributed by atoms with Gasteiger partial charge in [-0.05, 0) is 61.8 Å². The van der Waals surface area contributed by atoms with E-state index in [-0.39, 0.29) is 17.6 Å². The number of rotatable bonds is 6. The first-order valence-corrected chi connectivity index (χ1v) is 8.88. The zero-order chi connectivity index (χ0) is 16.2. The Balaban J connectivity index is 1.43. The number of benzene rings is 1. The summed E-state index contributed by atoms with van der Waals surface area (Å²) in [7, 11) is 0. The first kappa shape index (κ1) is 16.4. The number of hydrogen-bond donors (Lipinski definition) is 1. The molecule has 1 aromatic rings. The second-order valence-electron chi connectivity index (χ2n) is 7.17. The molecule has 1 amide bonds. The first-order chi connectivity index (χ1) is 11.1. The average Bonchev–Trinajstić information content (AvgIpc) is 3.37.